The van der Waals surface area contributed by atoms with Crippen LogP contribution in [0.2, 0.25) is 0 Å². The minimum Gasteiger partial charge on any atom is -0.371 e. The lowest BCUT2D eigenvalue weighted by Crippen LogP contribution is -1.86. The van der Waals surface area contributed by atoms with Crippen LogP contribution in [0.4, 0.5) is 0 Å². The largest absolute Gasteiger partial charge is 0.371 e. The van der Waals surface area contributed by atoms with E-state index in [0.717, 1.165) is 12.5 Å². The Kier molecular flexibility index (Phi) is 2.59. The van der Waals surface area contributed by atoms with Crippen molar-refractivity contribution >= 4 is 11.8 Å². The molecule has 0 N–H and O–H groups in total. The van der Waals surface area contributed by atoms with Gasteiger partial charge in [0.25, 0.3) is 0 Å². The molecule has 1 heterocycles. The monoisotopic (exact) mass is 117 g/mol. The van der Waals surface area contributed by atoms with Crippen molar-refractivity contribution in [2.45, 2.75) is 12.8 Å². The van der Waals surface area contributed by atoms with Crippen molar-refractivity contribution < 1.29 is 4.74 Å². The molecule has 0 amide bonds. The molecule has 1 nitrogen and oxygen atoms in total. The molecule has 0 saturated carbocycles. The van der Waals surface area contributed by atoms with E-state index in [1.165, 1.54) is 12.8 Å². The van der Waals surface area contributed by atoms with E-state index in [1.807, 2.05) is 0 Å². The Morgan fingerprint density at radius 2 is 2.57 bits per heavy atom. The molecule has 0 aromatic carbocycles. The maximum atomic E-state index is 5.13. The van der Waals surface area contributed by atoms with E-state index in [1.54, 1.807) is 11.8 Å². The van der Waals surface area contributed by atoms with Crippen molar-refractivity contribution in [3.63, 3.8) is 0 Å². The Bertz CT molecular complexity index is 27.7. The molecule has 1 fully saturated rings. The van der Waals surface area contributed by atoms with Crippen LogP contribution < -0.4 is 0 Å². The van der Waals surface area contributed by atoms with Crippen LogP contribution in [-0.2, 0) is 4.74 Å². The summed E-state index contributed by atoms with van der Waals surface area (Å²) in [4.78, 5) is 0. The summed E-state index contributed by atoms with van der Waals surface area (Å²) >= 11 is 1.77. The average molecular weight is 117 g/mol. The maximum Gasteiger partial charge on any atom is 0.0923 e. The van der Waals surface area contributed by atoms with Crippen molar-refractivity contribution in [3.8, 4) is 0 Å². The molecule has 1 rings (SSSR count). The summed E-state index contributed by atoms with van der Waals surface area (Å²) in [5.74, 6) is 3.08. The van der Waals surface area contributed by atoms with E-state index in [2.05, 4.69) is 5.75 Å². The van der Waals surface area contributed by atoms with Gasteiger partial charge in [-0.15, -0.1) is 11.8 Å². The summed E-state index contributed by atoms with van der Waals surface area (Å²) in [5, 5.41) is 0. The van der Waals surface area contributed by atoms with Crippen LogP contribution in [0.3, 0.4) is 0 Å². The average Bonchev–Trinajstić information content (AvgIpc) is 1.90. The zero-order chi connectivity index (χ0) is 4.95. The number of ether oxygens (including phenoxy) is 1. The van der Waals surface area contributed by atoms with Gasteiger partial charge in [-0.3, -0.25) is 0 Å². The third-order valence-electron chi connectivity index (χ3n) is 0.880. The topological polar surface area (TPSA) is 9.23 Å². The van der Waals surface area contributed by atoms with Crippen molar-refractivity contribution in [2.24, 2.45) is 0 Å². The first-order valence-electron chi connectivity index (χ1n) is 2.51. The fourth-order valence-electron chi connectivity index (χ4n) is 0.507. The first-order chi connectivity index (χ1) is 3.50. The maximum absolute atomic E-state index is 5.13. The van der Waals surface area contributed by atoms with E-state index < -0.39 is 0 Å². The minimum absolute atomic E-state index is 0.861. The molecule has 0 unspecified atom stereocenters. The van der Waals surface area contributed by atoms with Crippen LogP contribution in [0.15, 0.2) is 0 Å². The SMILES string of the molecule is [CH]1CCCOCS1. The van der Waals surface area contributed by atoms with Crippen molar-refractivity contribution in [1.82, 2.24) is 0 Å². The van der Waals surface area contributed by atoms with Gasteiger partial charge < -0.3 is 4.74 Å². The van der Waals surface area contributed by atoms with Crippen LogP contribution in [0.25, 0.3) is 0 Å². The molecule has 0 atom stereocenters. The Hall–Kier alpha value is 0.310. The molecule has 0 aromatic heterocycles. The summed E-state index contributed by atoms with van der Waals surface area (Å²) in [5.41, 5.74) is 0. The lowest BCUT2D eigenvalue weighted by atomic mass is 10.4. The molecule has 1 aliphatic rings. The van der Waals surface area contributed by atoms with Crippen LogP contribution in [0.5, 0.6) is 0 Å². The Labute approximate surface area is 48.4 Å². The molecule has 0 aliphatic carbocycles. The van der Waals surface area contributed by atoms with E-state index in [-0.39, 0.29) is 0 Å². The van der Waals surface area contributed by atoms with Gasteiger partial charge in [0.05, 0.1) is 5.94 Å². The summed E-state index contributed by atoms with van der Waals surface area (Å²) in [6, 6.07) is 0. The molecule has 0 aromatic rings. The molecule has 1 aliphatic heterocycles. The van der Waals surface area contributed by atoms with Gasteiger partial charge in [-0.2, -0.15) is 0 Å². The van der Waals surface area contributed by atoms with E-state index >= 15 is 0 Å². The lowest BCUT2D eigenvalue weighted by molar-refractivity contribution is 0.183. The highest BCUT2D eigenvalue weighted by atomic mass is 32.2. The summed E-state index contributed by atoms with van der Waals surface area (Å²) in [6.45, 7) is 0.948. The number of thioether (sulfide) groups is 1. The smallest absolute Gasteiger partial charge is 0.0923 e. The van der Waals surface area contributed by atoms with Crippen LogP contribution in [0, 0.1) is 5.75 Å². The molecule has 7 heavy (non-hydrogen) atoms. The van der Waals surface area contributed by atoms with Crippen LogP contribution in [0.1, 0.15) is 12.8 Å². The molecule has 0 bridgehead atoms. The van der Waals surface area contributed by atoms with Gasteiger partial charge in [-0.1, -0.05) is 0 Å². The molecular weight excluding hydrogens is 108 g/mol. The van der Waals surface area contributed by atoms with Gasteiger partial charge >= 0.3 is 0 Å². The zero-order valence-corrected chi connectivity index (χ0v) is 5.04. The normalized spacial score (nSPS) is 24.0. The number of hydrogen-bond acceptors (Lipinski definition) is 2. The summed E-state index contributed by atoms with van der Waals surface area (Å²) in [7, 11) is 0. The second-order valence-electron chi connectivity index (χ2n) is 1.50. The molecule has 41 valence electrons. The predicted octanol–water partition coefficient (Wildman–Crippen LogP) is 1.65. The third kappa shape index (κ3) is 2.19. The zero-order valence-electron chi connectivity index (χ0n) is 4.22. The second-order valence-corrected chi connectivity index (χ2v) is 2.40. The Morgan fingerprint density at radius 3 is 3.57 bits per heavy atom. The quantitative estimate of drug-likeness (QED) is 0.477. The standard InChI is InChI=1S/C5H9OS/c1-2-4-7-5-6-3-1/h4H,1-3,5H2. The highest BCUT2D eigenvalue weighted by molar-refractivity contribution is 8.01. The third-order valence-corrected chi connectivity index (χ3v) is 1.65. The second kappa shape index (κ2) is 3.33. The van der Waals surface area contributed by atoms with Gasteiger partial charge in [0.1, 0.15) is 0 Å². The van der Waals surface area contributed by atoms with Crippen LogP contribution >= 0.6 is 11.8 Å². The van der Waals surface area contributed by atoms with E-state index in [0.29, 0.717) is 0 Å². The van der Waals surface area contributed by atoms with E-state index in [4.69, 9.17) is 4.74 Å². The first-order valence-corrected chi connectivity index (χ1v) is 3.56. The molecule has 0 spiro atoms. The van der Waals surface area contributed by atoms with E-state index in [9.17, 15) is 0 Å². The number of hydrogen-bond donors (Lipinski definition) is 0. The molecule has 1 radical (unpaired) electrons. The minimum atomic E-state index is 0.861. The fourth-order valence-corrected chi connectivity index (χ4v) is 1.15. The van der Waals surface area contributed by atoms with Crippen molar-refractivity contribution in [1.29, 1.82) is 0 Å². The van der Waals surface area contributed by atoms with Gasteiger partial charge in [-0.25, -0.2) is 0 Å². The highest BCUT2D eigenvalue weighted by Crippen LogP contribution is 2.14. The summed E-state index contributed by atoms with van der Waals surface area (Å²) in [6.07, 6.45) is 2.41. The van der Waals surface area contributed by atoms with Crippen molar-refractivity contribution in [3.05, 3.63) is 5.75 Å². The molecule has 2 heteroatoms. The molecular formula is C5H9OS. The van der Waals surface area contributed by atoms with Gasteiger partial charge in [0.15, 0.2) is 0 Å². The Balaban J connectivity index is 2.04. The van der Waals surface area contributed by atoms with Gasteiger partial charge in [0.2, 0.25) is 0 Å². The van der Waals surface area contributed by atoms with Crippen molar-refractivity contribution in [2.75, 3.05) is 12.5 Å². The highest BCUT2D eigenvalue weighted by Gasteiger charge is 1.95. The first kappa shape index (κ1) is 5.45. The number of rotatable bonds is 0. The summed E-state index contributed by atoms with van der Waals surface area (Å²) < 4.78 is 5.13. The Morgan fingerprint density at radius 1 is 1.57 bits per heavy atom. The van der Waals surface area contributed by atoms with Gasteiger partial charge in [-0.05, 0) is 12.8 Å². The van der Waals surface area contributed by atoms with Gasteiger partial charge in [0, 0.05) is 12.4 Å². The lowest BCUT2D eigenvalue weighted by Gasteiger charge is -1.91. The predicted molar refractivity (Wildman–Crippen MR) is 31.9 cm³/mol. The van der Waals surface area contributed by atoms with Crippen LogP contribution in [-0.4, -0.2) is 12.5 Å². The molecule has 1 saturated heterocycles. The fraction of sp³-hybridized carbons (Fsp3) is 0.800.